The molecule has 1 atom stereocenters. The summed E-state index contributed by atoms with van der Waals surface area (Å²) in [5.74, 6) is -1.33. The summed E-state index contributed by atoms with van der Waals surface area (Å²) < 4.78 is 27.2. The molecule has 0 spiro atoms. The van der Waals surface area contributed by atoms with Crippen LogP contribution in [0.2, 0.25) is 0 Å². The molecular formula is C17H19NO4S. The van der Waals surface area contributed by atoms with E-state index in [-0.39, 0.29) is 4.90 Å². The summed E-state index contributed by atoms with van der Waals surface area (Å²) >= 11 is 0. The molecule has 2 rings (SSSR count). The second kappa shape index (κ2) is 6.83. The summed E-state index contributed by atoms with van der Waals surface area (Å²) in [5.41, 5.74) is 2.16. The van der Waals surface area contributed by atoms with E-state index in [4.69, 9.17) is 5.11 Å². The highest BCUT2D eigenvalue weighted by Crippen LogP contribution is 2.18. The third kappa shape index (κ3) is 4.56. The van der Waals surface area contributed by atoms with Gasteiger partial charge in [-0.1, -0.05) is 31.2 Å². The van der Waals surface area contributed by atoms with Gasteiger partial charge in [0.2, 0.25) is 0 Å². The van der Waals surface area contributed by atoms with Gasteiger partial charge < -0.3 is 5.11 Å². The van der Waals surface area contributed by atoms with E-state index in [0.29, 0.717) is 12.1 Å². The number of hydrogen-bond donors (Lipinski definition) is 2. The molecule has 0 heterocycles. The summed E-state index contributed by atoms with van der Waals surface area (Å²) in [6, 6.07) is 13.4. The van der Waals surface area contributed by atoms with Gasteiger partial charge in [0, 0.05) is 5.69 Å². The molecule has 0 fully saturated rings. The van der Waals surface area contributed by atoms with Gasteiger partial charge in [-0.25, -0.2) is 8.42 Å². The third-order valence-corrected chi connectivity index (χ3v) is 4.85. The van der Waals surface area contributed by atoms with Crippen molar-refractivity contribution in [1.82, 2.24) is 0 Å². The lowest BCUT2D eigenvalue weighted by Crippen LogP contribution is -2.14. The molecule has 0 bridgehead atoms. The molecule has 0 amide bonds. The van der Waals surface area contributed by atoms with E-state index in [2.05, 4.69) is 4.72 Å². The Balaban J connectivity index is 2.13. The number of anilines is 1. The minimum atomic E-state index is -3.63. The fraction of sp³-hybridized carbons (Fsp3) is 0.235. The van der Waals surface area contributed by atoms with E-state index in [0.717, 1.165) is 11.1 Å². The number of aryl methyl sites for hydroxylation is 1. The Morgan fingerprint density at radius 1 is 1.17 bits per heavy atom. The van der Waals surface area contributed by atoms with Gasteiger partial charge in [0.05, 0.1) is 10.8 Å². The largest absolute Gasteiger partial charge is 0.481 e. The van der Waals surface area contributed by atoms with Crippen LogP contribution in [-0.2, 0) is 21.2 Å². The summed E-state index contributed by atoms with van der Waals surface area (Å²) in [4.78, 5) is 11.1. The molecule has 2 aromatic rings. The standard InChI is InChI=1S/C17H19NO4S/c1-12-4-3-5-16(10-12)23(21,22)18-15-8-6-14(7-9-15)11-13(2)17(19)20/h3-10,13,18H,11H2,1-2H3,(H,19,20). The molecule has 0 saturated carbocycles. The highest BCUT2D eigenvalue weighted by atomic mass is 32.2. The van der Waals surface area contributed by atoms with Gasteiger partial charge >= 0.3 is 5.97 Å². The minimum absolute atomic E-state index is 0.209. The molecule has 2 N–H and O–H groups in total. The van der Waals surface area contributed by atoms with Crippen LogP contribution in [0.1, 0.15) is 18.1 Å². The average molecular weight is 333 g/mol. The van der Waals surface area contributed by atoms with Crippen molar-refractivity contribution in [3.05, 3.63) is 59.7 Å². The maximum absolute atomic E-state index is 12.3. The summed E-state index contributed by atoms with van der Waals surface area (Å²) in [6.45, 7) is 3.47. The smallest absolute Gasteiger partial charge is 0.306 e. The first-order valence-corrected chi connectivity index (χ1v) is 8.67. The van der Waals surface area contributed by atoms with Gasteiger partial charge in [-0.3, -0.25) is 9.52 Å². The Morgan fingerprint density at radius 3 is 2.39 bits per heavy atom. The zero-order valence-electron chi connectivity index (χ0n) is 13.0. The number of carboxylic acid groups (broad SMARTS) is 1. The van der Waals surface area contributed by atoms with Crippen LogP contribution in [0, 0.1) is 12.8 Å². The molecule has 0 aliphatic carbocycles. The number of hydrogen-bond acceptors (Lipinski definition) is 3. The van der Waals surface area contributed by atoms with Crippen LogP contribution in [0.15, 0.2) is 53.4 Å². The maximum Gasteiger partial charge on any atom is 0.306 e. The Kier molecular flexibility index (Phi) is 5.05. The molecule has 6 heteroatoms. The first kappa shape index (κ1) is 17.0. The molecule has 0 aliphatic heterocycles. The van der Waals surface area contributed by atoms with Gasteiger partial charge in [0.1, 0.15) is 0 Å². The Bertz CT molecular complexity index is 798. The van der Waals surface area contributed by atoms with Gasteiger partial charge in [-0.2, -0.15) is 0 Å². The molecule has 0 aromatic heterocycles. The number of rotatable bonds is 6. The average Bonchev–Trinajstić information content (AvgIpc) is 2.49. The lowest BCUT2D eigenvalue weighted by molar-refractivity contribution is -0.141. The first-order valence-electron chi connectivity index (χ1n) is 7.19. The van der Waals surface area contributed by atoms with Crippen LogP contribution < -0.4 is 4.72 Å². The van der Waals surface area contributed by atoms with Crippen LogP contribution in [-0.4, -0.2) is 19.5 Å². The van der Waals surface area contributed by atoms with Crippen molar-refractivity contribution >= 4 is 21.7 Å². The van der Waals surface area contributed by atoms with Gasteiger partial charge in [0.15, 0.2) is 0 Å². The quantitative estimate of drug-likeness (QED) is 0.851. The SMILES string of the molecule is Cc1cccc(S(=O)(=O)Nc2ccc(CC(C)C(=O)O)cc2)c1. The van der Waals surface area contributed by atoms with Crippen molar-refractivity contribution in [1.29, 1.82) is 0 Å². The van der Waals surface area contributed by atoms with Crippen LogP contribution in [0.3, 0.4) is 0 Å². The van der Waals surface area contributed by atoms with Crippen LogP contribution in [0.5, 0.6) is 0 Å². The number of sulfonamides is 1. The Morgan fingerprint density at radius 2 is 1.83 bits per heavy atom. The van der Waals surface area contributed by atoms with E-state index in [9.17, 15) is 13.2 Å². The topological polar surface area (TPSA) is 83.5 Å². The zero-order chi connectivity index (χ0) is 17.0. The second-order valence-corrected chi connectivity index (χ2v) is 7.24. The van der Waals surface area contributed by atoms with E-state index < -0.39 is 21.9 Å². The van der Waals surface area contributed by atoms with Crippen molar-refractivity contribution in [2.75, 3.05) is 4.72 Å². The number of nitrogens with one attached hydrogen (secondary N) is 1. The molecule has 0 radical (unpaired) electrons. The summed E-state index contributed by atoms with van der Waals surface area (Å²) in [6.07, 6.45) is 0.403. The number of aliphatic carboxylic acids is 1. The first-order chi connectivity index (χ1) is 10.8. The molecular weight excluding hydrogens is 314 g/mol. The fourth-order valence-electron chi connectivity index (χ4n) is 2.15. The second-order valence-electron chi connectivity index (χ2n) is 5.56. The molecule has 1 unspecified atom stereocenters. The van der Waals surface area contributed by atoms with Crippen molar-refractivity contribution in [2.24, 2.45) is 5.92 Å². The van der Waals surface area contributed by atoms with Gasteiger partial charge in [0.25, 0.3) is 10.0 Å². The molecule has 2 aromatic carbocycles. The molecule has 5 nitrogen and oxygen atoms in total. The highest BCUT2D eigenvalue weighted by molar-refractivity contribution is 7.92. The minimum Gasteiger partial charge on any atom is -0.481 e. The van der Waals surface area contributed by atoms with Crippen molar-refractivity contribution in [3.8, 4) is 0 Å². The van der Waals surface area contributed by atoms with Crippen LogP contribution in [0.4, 0.5) is 5.69 Å². The molecule has 0 saturated heterocycles. The number of carboxylic acids is 1. The normalized spacial score (nSPS) is 12.6. The van der Waals surface area contributed by atoms with E-state index in [1.165, 1.54) is 6.07 Å². The fourth-order valence-corrected chi connectivity index (χ4v) is 3.31. The highest BCUT2D eigenvalue weighted by Gasteiger charge is 2.15. The Hall–Kier alpha value is -2.34. The number of carbonyl (C=O) groups is 1. The van der Waals surface area contributed by atoms with E-state index in [1.807, 2.05) is 13.0 Å². The molecule has 0 aliphatic rings. The van der Waals surface area contributed by atoms with Crippen LogP contribution in [0.25, 0.3) is 0 Å². The molecule has 122 valence electrons. The van der Waals surface area contributed by atoms with Crippen molar-refractivity contribution in [2.45, 2.75) is 25.2 Å². The lowest BCUT2D eigenvalue weighted by Gasteiger charge is -2.10. The van der Waals surface area contributed by atoms with E-state index in [1.54, 1.807) is 43.3 Å². The van der Waals surface area contributed by atoms with E-state index >= 15 is 0 Å². The van der Waals surface area contributed by atoms with Crippen molar-refractivity contribution < 1.29 is 18.3 Å². The number of benzene rings is 2. The zero-order valence-corrected chi connectivity index (χ0v) is 13.8. The summed E-state index contributed by atoms with van der Waals surface area (Å²) in [7, 11) is -3.63. The lowest BCUT2D eigenvalue weighted by atomic mass is 10.0. The predicted octanol–water partition coefficient (Wildman–Crippen LogP) is 3.06. The van der Waals surface area contributed by atoms with Crippen LogP contribution >= 0.6 is 0 Å². The van der Waals surface area contributed by atoms with Gasteiger partial charge in [-0.05, 0) is 48.7 Å². The Labute approximate surface area is 136 Å². The third-order valence-electron chi connectivity index (χ3n) is 3.47. The maximum atomic E-state index is 12.3. The monoisotopic (exact) mass is 333 g/mol. The van der Waals surface area contributed by atoms with Crippen molar-refractivity contribution in [3.63, 3.8) is 0 Å². The predicted molar refractivity (Wildman–Crippen MR) is 88.9 cm³/mol. The molecule has 23 heavy (non-hydrogen) atoms. The van der Waals surface area contributed by atoms with Gasteiger partial charge in [-0.15, -0.1) is 0 Å². The summed E-state index contributed by atoms with van der Waals surface area (Å²) in [5, 5.41) is 8.91.